The fourth-order valence-electron chi connectivity index (χ4n) is 3.87. The Morgan fingerprint density at radius 1 is 1.24 bits per heavy atom. The van der Waals surface area contributed by atoms with Gasteiger partial charge in [0.2, 0.25) is 6.08 Å². The van der Waals surface area contributed by atoms with E-state index >= 15 is 0 Å². The highest BCUT2D eigenvalue weighted by Crippen LogP contribution is 2.49. The molecule has 0 N–H and O–H groups in total. The number of aryl methyl sites for hydroxylation is 1. The highest BCUT2D eigenvalue weighted by molar-refractivity contribution is 9.10. The molecule has 1 aromatic carbocycles. The maximum atomic E-state index is 11.0. The second kappa shape index (κ2) is 5.94. The van der Waals surface area contributed by atoms with Crippen molar-refractivity contribution >= 4 is 22.0 Å². The van der Waals surface area contributed by atoms with Crippen LogP contribution in [0.5, 0.6) is 5.75 Å². The van der Waals surface area contributed by atoms with Gasteiger partial charge in [-0.25, -0.2) is 4.79 Å². The van der Waals surface area contributed by atoms with Gasteiger partial charge < -0.3 is 4.74 Å². The maximum Gasteiger partial charge on any atom is 0.235 e. The number of nitrogens with zero attached hydrogens (tertiary/aromatic N) is 1. The highest BCUT2D eigenvalue weighted by Gasteiger charge is 2.39. The lowest BCUT2D eigenvalue weighted by molar-refractivity contribution is 0.375. The van der Waals surface area contributed by atoms with Gasteiger partial charge in [0.25, 0.3) is 0 Å². The lowest BCUT2D eigenvalue weighted by atomic mass is 9.82. The van der Waals surface area contributed by atoms with Crippen LogP contribution in [0.15, 0.2) is 15.5 Å². The van der Waals surface area contributed by atoms with Gasteiger partial charge in [-0.05, 0) is 71.6 Å². The molecular weight excluding hydrogens is 330 g/mol. The number of hydrogen-bond acceptors (Lipinski definition) is 3. The number of rotatable bonds is 3. The molecule has 0 saturated heterocycles. The Bertz CT molecular complexity index is 599. The Balaban J connectivity index is 2.21. The van der Waals surface area contributed by atoms with Gasteiger partial charge in [0.15, 0.2) is 0 Å². The average molecular weight is 350 g/mol. The van der Waals surface area contributed by atoms with E-state index in [0.717, 1.165) is 54.3 Å². The molecule has 1 fully saturated rings. The molecule has 0 unspecified atom stereocenters. The second-order valence-electron chi connectivity index (χ2n) is 6.06. The van der Waals surface area contributed by atoms with Crippen molar-refractivity contribution in [1.29, 1.82) is 0 Å². The molecule has 0 amide bonds. The molecule has 0 heterocycles. The van der Waals surface area contributed by atoms with Gasteiger partial charge in [0, 0.05) is 5.56 Å². The number of hydrogen-bond donors (Lipinski definition) is 0. The zero-order chi connectivity index (χ0) is 14.9. The molecule has 4 heteroatoms. The van der Waals surface area contributed by atoms with Gasteiger partial charge in [-0.15, -0.1) is 0 Å². The van der Waals surface area contributed by atoms with Crippen LogP contribution >= 0.6 is 15.9 Å². The van der Waals surface area contributed by atoms with Crippen molar-refractivity contribution in [2.45, 2.75) is 56.9 Å². The zero-order valence-corrected chi connectivity index (χ0v) is 14.0. The molecule has 0 spiro atoms. The van der Waals surface area contributed by atoms with Crippen molar-refractivity contribution in [3.8, 4) is 5.75 Å². The van der Waals surface area contributed by atoms with Crippen LogP contribution in [-0.4, -0.2) is 13.2 Å². The van der Waals surface area contributed by atoms with Gasteiger partial charge in [-0.1, -0.05) is 12.8 Å². The minimum atomic E-state index is -0.428. The number of halogens is 1. The van der Waals surface area contributed by atoms with Gasteiger partial charge in [0.1, 0.15) is 11.3 Å². The third-order valence-electron chi connectivity index (χ3n) is 4.93. The molecule has 0 radical (unpaired) electrons. The summed E-state index contributed by atoms with van der Waals surface area (Å²) in [5.41, 5.74) is 3.39. The van der Waals surface area contributed by atoms with E-state index in [2.05, 4.69) is 27.0 Å². The van der Waals surface area contributed by atoms with E-state index in [1.54, 1.807) is 13.2 Å². The van der Waals surface area contributed by atoms with E-state index in [-0.39, 0.29) is 0 Å². The number of ether oxygens (including phenoxy) is 1. The molecule has 2 aliphatic carbocycles. The number of benzene rings is 1. The summed E-state index contributed by atoms with van der Waals surface area (Å²) in [7, 11) is 1.70. The van der Waals surface area contributed by atoms with Crippen molar-refractivity contribution in [2.75, 3.05) is 7.11 Å². The molecule has 1 aromatic rings. The highest BCUT2D eigenvalue weighted by atomic mass is 79.9. The molecule has 1 saturated carbocycles. The summed E-state index contributed by atoms with van der Waals surface area (Å²) in [5.74, 6) is 0.858. The van der Waals surface area contributed by atoms with Gasteiger partial charge in [0.05, 0.1) is 11.6 Å². The molecule has 2 aliphatic rings. The largest absolute Gasteiger partial charge is 0.495 e. The van der Waals surface area contributed by atoms with Crippen LogP contribution in [0.1, 0.15) is 55.2 Å². The number of methoxy groups -OCH3 is 1. The Hall–Kier alpha value is -1.12. The Labute approximate surface area is 133 Å². The van der Waals surface area contributed by atoms with Gasteiger partial charge in [-0.3, -0.25) is 0 Å². The van der Waals surface area contributed by atoms with Crippen LogP contribution in [0.25, 0.3) is 0 Å². The number of aliphatic imine (C=N–C) groups is 1. The van der Waals surface area contributed by atoms with Crippen LogP contribution in [0.4, 0.5) is 0 Å². The smallest absolute Gasteiger partial charge is 0.235 e. The number of carbonyl (C=O) groups excluding carboxylic acids is 1. The first-order valence-electron chi connectivity index (χ1n) is 7.69. The Kier molecular flexibility index (Phi) is 4.19. The molecule has 0 aromatic heterocycles. The summed E-state index contributed by atoms with van der Waals surface area (Å²) in [6.07, 6.45) is 10.5. The van der Waals surface area contributed by atoms with Crippen LogP contribution in [0, 0.1) is 0 Å². The lowest BCUT2D eigenvalue weighted by Gasteiger charge is -2.29. The first-order chi connectivity index (χ1) is 10.2. The minimum absolute atomic E-state index is 0.428. The summed E-state index contributed by atoms with van der Waals surface area (Å²) in [5, 5.41) is 0. The first-order valence-corrected chi connectivity index (χ1v) is 8.49. The zero-order valence-electron chi connectivity index (χ0n) is 12.4. The maximum absolute atomic E-state index is 11.0. The van der Waals surface area contributed by atoms with Crippen LogP contribution < -0.4 is 4.74 Å². The topological polar surface area (TPSA) is 38.7 Å². The van der Waals surface area contributed by atoms with Crippen LogP contribution in [-0.2, 0) is 23.2 Å². The molecule has 3 nitrogen and oxygen atoms in total. The third-order valence-corrected chi connectivity index (χ3v) is 5.77. The van der Waals surface area contributed by atoms with Crippen LogP contribution in [0.2, 0.25) is 0 Å². The lowest BCUT2D eigenvalue weighted by Crippen LogP contribution is -2.21. The predicted molar refractivity (Wildman–Crippen MR) is 85.6 cm³/mol. The third kappa shape index (κ3) is 2.45. The predicted octanol–water partition coefficient (Wildman–Crippen LogP) is 4.44. The van der Waals surface area contributed by atoms with E-state index in [4.69, 9.17) is 4.74 Å². The average Bonchev–Trinajstić information content (AvgIpc) is 2.97. The molecule has 21 heavy (non-hydrogen) atoms. The van der Waals surface area contributed by atoms with E-state index in [1.807, 2.05) is 0 Å². The first kappa shape index (κ1) is 14.8. The van der Waals surface area contributed by atoms with E-state index in [0.29, 0.717) is 0 Å². The van der Waals surface area contributed by atoms with Crippen LogP contribution in [0.3, 0.4) is 0 Å². The quantitative estimate of drug-likeness (QED) is 0.597. The fraction of sp³-hybridized carbons (Fsp3) is 0.588. The number of isocyanates is 1. The second-order valence-corrected chi connectivity index (χ2v) is 6.85. The Morgan fingerprint density at radius 2 is 1.95 bits per heavy atom. The summed E-state index contributed by atoms with van der Waals surface area (Å²) in [4.78, 5) is 15.2. The van der Waals surface area contributed by atoms with E-state index in [1.165, 1.54) is 24.0 Å². The normalized spacial score (nSPS) is 19.7. The fourth-order valence-corrected chi connectivity index (χ4v) is 4.70. The SMILES string of the molecule is COc1c(C2(N=C=O)CCCC2)cc2c(c1Br)CCCC2. The molecule has 0 bridgehead atoms. The molecule has 3 rings (SSSR count). The molecule has 112 valence electrons. The van der Waals surface area contributed by atoms with E-state index in [9.17, 15) is 4.79 Å². The summed E-state index contributed by atoms with van der Waals surface area (Å²) in [6.45, 7) is 0. The van der Waals surface area contributed by atoms with E-state index < -0.39 is 5.54 Å². The minimum Gasteiger partial charge on any atom is -0.495 e. The van der Waals surface area contributed by atoms with Crippen molar-refractivity contribution < 1.29 is 9.53 Å². The summed E-state index contributed by atoms with van der Waals surface area (Å²) < 4.78 is 6.75. The monoisotopic (exact) mass is 349 g/mol. The summed E-state index contributed by atoms with van der Waals surface area (Å²) >= 11 is 3.74. The standard InChI is InChI=1S/C17H20BrNO2/c1-21-16-14(17(19-11-20)8-4-5-9-17)10-12-6-2-3-7-13(12)15(16)18/h10H,2-9H2,1H3. The van der Waals surface area contributed by atoms with Crippen molar-refractivity contribution in [1.82, 2.24) is 0 Å². The Morgan fingerprint density at radius 3 is 2.62 bits per heavy atom. The van der Waals surface area contributed by atoms with Gasteiger partial charge in [-0.2, -0.15) is 4.99 Å². The van der Waals surface area contributed by atoms with Gasteiger partial charge >= 0.3 is 0 Å². The molecule has 0 atom stereocenters. The molecule has 0 aliphatic heterocycles. The van der Waals surface area contributed by atoms with Crippen molar-refractivity contribution in [3.05, 3.63) is 27.2 Å². The van der Waals surface area contributed by atoms with Crippen molar-refractivity contribution in [3.63, 3.8) is 0 Å². The molecular formula is C17H20BrNO2. The van der Waals surface area contributed by atoms with Crippen molar-refractivity contribution in [2.24, 2.45) is 4.99 Å². The summed E-state index contributed by atoms with van der Waals surface area (Å²) in [6, 6.07) is 2.24. The number of fused-ring (bicyclic) bond motifs is 1.